The summed E-state index contributed by atoms with van der Waals surface area (Å²) in [7, 11) is -3.72. The van der Waals surface area contributed by atoms with E-state index in [1.165, 1.54) is 24.3 Å². The number of carbonyl (C=O) groups excluding carboxylic acids is 1. The minimum absolute atomic E-state index is 0.342. The minimum Gasteiger partial charge on any atom is -0.426 e. The highest BCUT2D eigenvalue weighted by atomic mass is 32.2. The molecule has 0 fully saturated rings. The van der Waals surface area contributed by atoms with E-state index in [2.05, 4.69) is 4.72 Å². The maximum absolute atomic E-state index is 12.8. The molecule has 2 rings (SSSR count). The third-order valence-electron chi connectivity index (χ3n) is 2.93. The van der Waals surface area contributed by atoms with Gasteiger partial charge >= 0.3 is 5.97 Å². The van der Waals surface area contributed by atoms with Gasteiger partial charge < -0.3 is 4.74 Å². The van der Waals surface area contributed by atoms with E-state index in [1.54, 1.807) is 18.2 Å². The van der Waals surface area contributed by atoms with E-state index in [4.69, 9.17) is 4.74 Å². The van der Waals surface area contributed by atoms with Crippen LogP contribution in [0.5, 0.6) is 5.75 Å². The van der Waals surface area contributed by atoms with Gasteiger partial charge in [0, 0.05) is 0 Å². The quantitative estimate of drug-likeness (QED) is 0.648. The first kappa shape index (κ1) is 17.1. The van der Waals surface area contributed by atoms with Crippen LogP contribution < -0.4 is 9.46 Å². The SMILES string of the molecule is Cc1cccc(OC(=O)CNS(=O)(=O)Cc2ccc(F)cc2)c1. The molecule has 0 amide bonds. The number of halogens is 1. The number of aryl methyl sites for hydroxylation is 1. The zero-order valence-corrected chi connectivity index (χ0v) is 13.3. The van der Waals surface area contributed by atoms with E-state index in [0.29, 0.717) is 11.3 Å². The van der Waals surface area contributed by atoms with Crippen LogP contribution in [0.4, 0.5) is 4.39 Å². The Morgan fingerprint density at radius 3 is 2.52 bits per heavy atom. The lowest BCUT2D eigenvalue weighted by molar-refractivity contribution is -0.133. The molecule has 0 aliphatic rings. The van der Waals surface area contributed by atoms with Crippen molar-refractivity contribution in [1.82, 2.24) is 4.72 Å². The van der Waals surface area contributed by atoms with Crippen molar-refractivity contribution in [3.05, 3.63) is 65.5 Å². The van der Waals surface area contributed by atoms with Crippen molar-refractivity contribution >= 4 is 16.0 Å². The molecule has 0 heterocycles. The highest BCUT2D eigenvalue weighted by Crippen LogP contribution is 2.12. The van der Waals surface area contributed by atoms with Gasteiger partial charge in [0.15, 0.2) is 0 Å². The maximum Gasteiger partial charge on any atom is 0.326 e. The fourth-order valence-corrected chi connectivity index (χ4v) is 2.94. The molecule has 0 aromatic heterocycles. The van der Waals surface area contributed by atoms with Crippen LogP contribution in [0.15, 0.2) is 48.5 Å². The largest absolute Gasteiger partial charge is 0.426 e. The Morgan fingerprint density at radius 2 is 1.87 bits per heavy atom. The zero-order chi connectivity index (χ0) is 16.9. The van der Waals surface area contributed by atoms with Crippen molar-refractivity contribution in [3.8, 4) is 5.75 Å². The summed E-state index contributed by atoms with van der Waals surface area (Å²) in [5.74, 6) is -1.14. The van der Waals surface area contributed by atoms with Gasteiger partial charge in [0.2, 0.25) is 10.0 Å². The monoisotopic (exact) mass is 337 g/mol. The van der Waals surface area contributed by atoms with Gasteiger partial charge in [-0.2, -0.15) is 0 Å². The summed E-state index contributed by atoms with van der Waals surface area (Å²) in [5, 5.41) is 0. The van der Waals surface area contributed by atoms with Crippen LogP contribution in [0.3, 0.4) is 0 Å². The van der Waals surface area contributed by atoms with Gasteiger partial charge in [-0.1, -0.05) is 24.3 Å². The van der Waals surface area contributed by atoms with Gasteiger partial charge in [0.25, 0.3) is 0 Å². The standard InChI is InChI=1S/C16H16FNO4S/c1-12-3-2-4-15(9-12)22-16(19)10-18-23(20,21)11-13-5-7-14(17)8-6-13/h2-9,18H,10-11H2,1H3. The molecule has 23 heavy (non-hydrogen) atoms. The van der Waals surface area contributed by atoms with Gasteiger partial charge in [-0.15, -0.1) is 0 Å². The summed E-state index contributed by atoms with van der Waals surface area (Å²) in [5.41, 5.74) is 1.35. The summed E-state index contributed by atoms with van der Waals surface area (Å²) in [6.07, 6.45) is 0. The Balaban J connectivity index is 1.88. The normalized spacial score (nSPS) is 11.2. The molecule has 122 valence electrons. The number of hydrogen-bond donors (Lipinski definition) is 1. The first-order valence-corrected chi connectivity index (χ1v) is 8.48. The van der Waals surface area contributed by atoms with E-state index >= 15 is 0 Å². The lowest BCUT2D eigenvalue weighted by Gasteiger charge is -2.08. The van der Waals surface area contributed by atoms with Crippen LogP contribution in [0, 0.1) is 12.7 Å². The lowest BCUT2D eigenvalue weighted by Crippen LogP contribution is -2.32. The van der Waals surface area contributed by atoms with Gasteiger partial charge in [0.05, 0.1) is 5.75 Å². The Labute approximate surface area is 134 Å². The molecular weight excluding hydrogens is 321 g/mol. The molecule has 0 saturated carbocycles. The number of ether oxygens (including phenoxy) is 1. The molecule has 2 aromatic rings. The van der Waals surface area contributed by atoms with Crippen LogP contribution >= 0.6 is 0 Å². The van der Waals surface area contributed by atoms with Crippen LogP contribution in [-0.2, 0) is 20.6 Å². The Morgan fingerprint density at radius 1 is 1.17 bits per heavy atom. The average Bonchev–Trinajstić information content (AvgIpc) is 2.48. The summed E-state index contributed by atoms with van der Waals surface area (Å²) in [6.45, 7) is 1.38. The number of carbonyl (C=O) groups is 1. The van der Waals surface area contributed by atoms with Crippen molar-refractivity contribution in [3.63, 3.8) is 0 Å². The predicted molar refractivity (Wildman–Crippen MR) is 83.8 cm³/mol. The highest BCUT2D eigenvalue weighted by Gasteiger charge is 2.14. The first-order valence-electron chi connectivity index (χ1n) is 6.83. The van der Waals surface area contributed by atoms with Crippen LogP contribution in [0.1, 0.15) is 11.1 Å². The predicted octanol–water partition coefficient (Wildman–Crippen LogP) is 2.16. The summed E-state index contributed by atoms with van der Waals surface area (Å²) in [6, 6.07) is 12.0. The van der Waals surface area contributed by atoms with Crippen LogP contribution in [0.25, 0.3) is 0 Å². The van der Waals surface area contributed by atoms with Gasteiger partial charge in [-0.05, 0) is 42.3 Å². The molecule has 0 spiro atoms. The van der Waals surface area contributed by atoms with E-state index in [1.807, 2.05) is 13.0 Å². The van der Waals surface area contributed by atoms with Crippen molar-refractivity contribution in [1.29, 1.82) is 0 Å². The summed E-state index contributed by atoms with van der Waals surface area (Å²) >= 11 is 0. The summed E-state index contributed by atoms with van der Waals surface area (Å²) < 4.78 is 43.8. The third-order valence-corrected chi connectivity index (χ3v) is 4.23. The van der Waals surface area contributed by atoms with E-state index in [9.17, 15) is 17.6 Å². The molecule has 0 bridgehead atoms. The van der Waals surface area contributed by atoms with Crippen LogP contribution in [-0.4, -0.2) is 20.9 Å². The second-order valence-electron chi connectivity index (χ2n) is 5.00. The number of esters is 1. The number of nitrogens with one attached hydrogen (secondary N) is 1. The molecule has 2 aromatic carbocycles. The van der Waals surface area contributed by atoms with E-state index in [-0.39, 0.29) is 5.75 Å². The fourth-order valence-electron chi connectivity index (χ4n) is 1.87. The topological polar surface area (TPSA) is 72.5 Å². The van der Waals surface area contributed by atoms with Gasteiger partial charge in [0.1, 0.15) is 18.1 Å². The third kappa shape index (κ3) is 5.80. The van der Waals surface area contributed by atoms with Crippen molar-refractivity contribution < 1.29 is 22.3 Å². The van der Waals surface area contributed by atoms with Gasteiger partial charge in [-0.3, -0.25) is 4.79 Å². The molecule has 1 N–H and O–H groups in total. The van der Waals surface area contributed by atoms with E-state index in [0.717, 1.165) is 5.56 Å². The Hall–Kier alpha value is -2.25. The lowest BCUT2D eigenvalue weighted by atomic mass is 10.2. The van der Waals surface area contributed by atoms with Gasteiger partial charge in [-0.25, -0.2) is 17.5 Å². The van der Waals surface area contributed by atoms with Crippen molar-refractivity contribution in [2.45, 2.75) is 12.7 Å². The molecule has 0 atom stereocenters. The molecule has 0 unspecified atom stereocenters. The molecule has 0 saturated heterocycles. The number of rotatable bonds is 6. The molecule has 7 heteroatoms. The number of benzene rings is 2. The van der Waals surface area contributed by atoms with Crippen LogP contribution in [0.2, 0.25) is 0 Å². The van der Waals surface area contributed by atoms with Crippen molar-refractivity contribution in [2.24, 2.45) is 0 Å². The molecule has 0 aliphatic heterocycles. The number of hydrogen-bond acceptors (Lipinski definition) is 4. The second kappa shape index (κ2) is 7.34. The minimum atomic E-state index is -3.72. The molecular formula is C16H16FNO4S. The average molecular weight is 337 g/mol. The Bertz CT molecular complexity index is 788. The highest BCUT2D eigenvalue weighted by molar-refractivity contribution is 7.88. The second-order valence-corrected chi connectivity index (χ2v) is 6.80. The maximum atomic E-state index is 12.8. The molecule has 0 radical (unpaired) electrons. The first-order chi connectivity index (χ1) is 10.8. The number of sulfonamides is 1. The summed E-state index contributed by atoms with van der Waals surface area (Å²) in [4.78, 5) is 11.7. The van der Waals surface area contributed by atoms with Crippen molar-refractivity contribution in [2.75, 3.05) is 6.54 Å². The fraction of sp³-hybridized carbons (Fsp3) is 0.188. The van der Waals surface area contributed by atoms with E-state index < -0.39 is 28.4 Å². The molecule has 5 nitrogen and oxygen atoms in total. The smallest absolute Gasteiger partial charge is 0.326 e. The zero-order valence-electron chi connectivity index (χ0n) is 12.5. The molecule has 0 aliphatic carbocycles. The Kier molecular flexibility index (Phi) is 5.46.